The van der Waals surface area contributed by atoms with Crippen LogP contribution in [0.3, 0.4) is 0 Å². The summed E-state index contributed by atoms with van der Waals surface area (Å²) in [6.45, 7) is 7.02. The van der Waals surface area contributed by atoms with Crippen molar-refractivity contribution >= 4 is 11.5 Å². The largest absolute Gasteiger partial charge is 0.330 e. The monoisotopic (exact) mass is 190 g/mol. The zero-order valence-corrected chi connectivity index (χ0v) is 9.12. The van der Waals surface area contributed by atoms with Crippen molar-refractivity contribution in [2.75, 3.05) is 11.4 Å². The van der Waals surface area contributed by atoms with Crippen LogP contribution in [0.2, 0.25) is 0 Å². The van der Waals surface area contributed by atoms with Gasteiger partial charge in [-0.25, -0.2) is 0 Å². The predicted molar refractivity (Wildman–Crippen MR) is 62.0 cm³/mol. The van der Waals surface area contributed by atoms with E-state index in [4.69, 9.17) is 5.41 Å². The first-order valence-corrected chi connectivity index (χ1v) is 5.07. The van der Waals surface area contributed by atoms with Crippen LogP contribution in [-0.2, 0) is 0 Å². The first-order chi connectivity index (χ1) is 6.66. The van der Waals surface area contributed by atoms with Crippen molar-refractivity contribution in [2.24, 2.45) is 5.92 Å². The van der Waals surface area contributed by atoms with Crippen molar-refractivity contribution in [1.29, 1.82) is 5.41 Å². The van der Waals surface area contributed by atoms with Crippen LogP contribution >= 0.6 is 0 Å². The SMILES string of the molecule is CCN(C(=N)C(C)C)c1ccccc1. The minimum Gasteiger partial charge on any atom is -0.330 e. The molecule has 0 fully saturated rings. The Balaban J connectivity index is 2.88. The molecule has 0 aliphatic carbocycles. The second kappa shape index (κ2) is 4.80. The van der Waals surface area contributed by atoms with Gasteiger partial charge in [-0.15, -0.1) is 0 Å². The van der Waals surface area contributed by atoms with E-state index in [1.54, 1.807) is 0 Å². The Morgan fingerprint density at radius 3 is 2.29 bits per heavy atom. The predicted octanol–water partition coefficient (Wildman–Crippen LogP) is 3.15. The number of hydrogen-bond acceptors (Lipinski definition) is 1. The van der Waals surface area contributed by atoms with Gasteiger partial charge in [0.15, 0.2) is 0 Å². The van der Waals surface area contributed by atoms with E-state index in [1.807, 2.05) is 49.1 Å². The standard InChI is InChI=1S/C12H18N2/c1-4-14(12(13)10(2)3)11-8-6-5-7-9-11/h5-10,13H,4H2,1-3H3. The molecule has 1 rings (SSSR count). The maximum absolute atomic E-state index is 7.96. The molecule has 76 valence electrons. The van der Waals surface area contributed by atoms with E-state index in [0.717, 1.165) is 12.2 Å². The van der Waals surface area contributed by atoms with Crippen molar-refractivity contribution in [2.45, 2.75) is 20.8 Å². The highest BCUT2D eigenvalue weighted by Crippen LogP contribution is 2.15. The van der Waals surface area contributed by atoms with Gasteiger partial charge < -0.3 is 4.90 Å². The Kier molecular flexibility index (Phi) is 3.69. The molecule has 14 heavy (non-hydrogen) atoms. The third-order valence-electron chi connectivity index (χ3n) is 2.22. The molecule has 0 atom stereocenters. The second-order valence-corrected chi connectivity index (χ2v) is 3.62. The maximum atomic E-state index is 7.96. The smallest absolute Gasteiger partial charge is 0.103 e. The molecular weight excluding hydrogens is 172 g/mol. The summed E-state index contributed by atoms with van der Waals surface area (Å²) in [7, 11) is 0. The van der Waals surface area contributed by atoms with Gasteiger partial charge in [-0.2, -0.15) is 0 Å². The van der Waals surface area contributed by atoms with Crippen LogP contribution in [0, 0.1) is 11.3 Å². The summed E-state index contributed by atoms with van der Waals surface area (Å²) in [6, 6.07) is 10.1. The van der Waals surface area contributed by atoms with Gasteiger partial charge in [0, 0.05) is 18.2 Å². The van der Waals surface area contributed by atoms with Gasteiger partial charge in [-0.05, 0) is 19.1 Å². The lowest BCUT2D eigenvalue weighted by Gasteiger charge is -2.25. The van der Waals surface area contributed by atoms with E-state index in [2.05, 4.69) is 6.92 Å². The molecule has 0 amide bonds. The summed E-state index contributed by atoms with van der Waals surface area (Å²) >= 11 is 0. The van der Waals surface area contributed by atoms with E-state index in [1.165, 1.54) is 0 Å². The van der Waals surface area contributed by atoms with E-state index < -0.39 is 0 Å². The molecule has 1 aromatic rings. The van der Waals surface area contributed by atoms with E-state index in [0.29, 0.717) is 5.84 Å². The molecule has 0 heterocycles. The highest BCUT2D eigenvalue weighted by atomic mass is 15.2. The lowest BCUT2D eigenvalue weighted by molar-refractivity contribution is 0.832. The lowest BCUT2D eigenvalue weighted by atomic mass is 10.1. The van der Waals surface area contributed by atoms with Crippen LogP contribution in [0.5, 0.6) is 0 Å². The van der Waals surface area contributed by atoms with Gasteiger partial charge in [0.1, 0.15) is 5.84 Å². The van der Waals surface area contributed by atoms with Crippen LogP contribution in [-0.4, -0.2) is 12.4 Å². The number of nitrogens with one attached hydrogen (secondary N) is 1. The molecule has 0 radical (unpaired) electrons. The molecule has 2 heteroatoms. The summed E-state index contributed by atoms with van der Waals surface area (Å²) < 4.78 is 0. The number of para-hydroxylation sites is 1. The maximum Gasteiger partial charge on any atom is 0.103 e. The summed E-state index contributed by atoms with van der Waals surface area (Å²) in [5.74, 6) is 0.953. The fraction of sp³-hybridized carbons (Fsp3) is 0.417. The van der Waals surface area contributed by atoms with Crippen molar-refractivity contribution in [1.82, 2.24) is 0 Å². The van der Waals surface area contributed by atoms with Gasteiger partial charge >= 0.3 is 0 Å². The Hall–Kier alpha value is -1.31. The first kappa shape index (κ1) is 10.8. The van der Waals surface area contributed by atoms with Gasteiger partial charge in [0.05, 0.1) is 0 Å². The third-order valence-corrected chi connectivity index (χ3v) is 2.22. The molecule has 0 aliphatic heterocycles. The number of nitrogens with zero attached hydrogens (tertiary/aromatic N) is 1. The first-order valence-electron chi connectivity index (χ1n) is 5.07. The third kappa shape index (κ3) is 2.34. The molecule has 0 aliphatic rings. The Morgan fingerprint density at radius 2 is 1.86 bits per heavy atom. The molecule has 0 saturated heterocycles. The molecule has 0 aromatic heterocycles. The van der Waals surface area contributed by atoms with E-state index in [-0.39, 0.29) is 5.92 Å². The molecular formula is C12H18N2. The fourth-order valence-corrected chi connectivity index (χ4v) is 1.41. The Labute approximate surface area is 86.1 Å². The van der Waals surface area contributed by atoms with E-state index in [9.17, 15) is 0 Å². The minimum atomic E-state index is 0.273. The molecule has 0 saturated carbocycles. The topological polar surface area (TPSA) is 27.1 Å². The van der Waals surface area contributed by atoms with Crippen LogP contribution < -0.4 is 4.90 Å². The molecule has 1 N–H and O–H groups in total. The molecule has 0 bridgehead atoms. The number of benzene rings is 1. The van der Waals surface area contributed by atoms with Gasteiger partial charge in [0.2, 0.25) is 0 Å². The zero-order chi connectivity index (χ0) is 10.6. The molecule has 1 aromatic carbocycles. The van der Waals surface area contributed by atoms with Gasteiger partial charge in [-0.3, -0.25) is 5.41 Å². The van der Waals surface area contributed by atoms with Crippen LogP contribution in [0.1, 0.15) is 20.8 Å². The zero-order valence-electron chi connectivity index (χ0n) is 9.12. The molecule has 0 unspecified atom stereocenters. The normalized spacial score (nSPS) is 10.3. The van der Waals surface area contributed by atoms with Crippen molar-refractivity contribution < 1.29 is 0 Å². The summed E-state index contributed by atoms with van der Waals surface area (Å²) in [5, 5.41) is 7.96. The number of rotatable bonds is 3. The Bertz CT molecular complexity index is 290. The van der Waals surface area contributed by atoms with Crippen LogP contribution in [0.25, 0.3) is 0 Å². The second-order valence-electron chi connectivity index (χ2n) is 3.62. The van der Waals surface area contributed by atoms with Gasteiger partial charge in [0.25, 0.3) is 0 Å². The molecule has 2 nitrogen and oxygen atoms in total. The van der Waals surface area contributed by atoms with Crippen molar-refractivity contribution in [3.63, 3.8) is 0 Å². The average Bonchev–Trinajstić information content (AvgIpc) is 2.20. The fourth-order valence-electron chi connectivity index (χ4n) is 1.41. The number of hydrogen-bond donors (Lipinski definition) is 1. The quantitative estimate of drug-likeness (QED) is 0.575. The summed E-state index contributed by atoms with van der Waals surface area (Å²) in [6.07, 6.45) is 0. The van der Waals surface area contributed by atoms with Crippen molar-refractivity contribution in [3.8, 4) is 0 Å². The molecule has 0 spiro atoms. The lowest BCUT2D eigenvalue weighted by Crippen LogP contribution is -2.33. The van der Waals surface area contributed by atoms with Crippen molar-refractivity contribution in [3.05, 3.63) is 30.3 Å². The van der Waals surface area contributed by atoms with Gasteiger partial charge in [-0.1, -0.05) is 32.0 Å². The Morgan fingerprint density at radius 1 is 1.29 bits per heavy atom. The van der Waals surface area contributed by atoms with Crippen LogP contribution in [0.15, 0.2) is 30.3 Å². The summed E-state index contributed by atoms with van der Waals surface area (Å²) in [4.78, 5) is 2.03. The average molecular weight is 190 g/mol. The summed E-state index contributed by atoms with van der Waals surface area (Å²) in [5.41, 5.74) is 1.11. The highest BCUT2D eigenvalue weighted by molar-refractivity contribution is 5.96. The number of amidine groups is 1. The van der Waals surface area contributed by atoms with Crippen LogP contribution in [0.4, 0.5) is 5.69 Å². The highest BCUT2D eigenvalue weighted by Gasteiger charge is 2.12. The van der Waals surface area contributed by atoms with E-state index >= 15 is 0 Å². The minimum absolute atomic E-state index is 0.273. The number of anilines is 1.